The fraction of sp³-hybridized carbons (Fsp3) is 0.500. The molecule has 20 heavy (non-hydrogen) atoms. The topological polar surface area (TPSA) is 72.8 Å². The van der Waals surface area contributed by atoms with E-state index in [4.69, 9.17) is 14.6 Å². The van der Waals surface area contributed by atoms with Crippen LogP contribution in [0, 0.1) is 0 Å². The van der Waals surface area contributed by atoms with Crippen LogP contribution in [0.25, 0.3) is 0 Å². The van der Waals surface area contributed by atoms with E-state index in [1.165, 1.54) is 0 Å². The molecule has 1 fully saturated rings. The number of hydrogen-bond acceptors (Lipinski definition) is 4. The summed E-state index contributed by atoms with van der Waals surface area (Å²) in [5.74, 6) is -1.11. The number of benzene rings is 1. The Morgan fingerprint density at radius 1 is 1.40 bits per heavy atom. The van der Waals surface area contributed by atoms with Crippen molar-refractivity contribution >= 4 is 16.8 Å². The van der Waals surface area contributed by atoms with Crippen LogP contribution in [0.4, 0.5) is 0 Å². The van der Waals surface area contributed by atoms with Crippen LogP contribution in [-0.2, 0) is 31.5 Å². The standard InChI is InChI=1S/C14H18O5S/c1-14(2)18-8-11(19-14)9-20(17)12-5-3-10(4-6-12)7-13(15)16/h3-6,11H,7-9H2,1-2H3,(H,15,16)/t11-,20?/m0/s1. The molecule has 5 nitrogen and oxygen atoms in total. The molecule has 1 aliphatic rings. The van der Waals surface area contributed by atoms with Crippen molar-refractivity contribution in [3.8, 4) is 0 Å². The molecule has 0 amide bonds. The van der Waals surface area contributed by atoms with Crippen molar-refractivity contribution in [3.05, 3.63) is 29.8 Å². The van der Waals surface area contributed by atoms with Crippen LogP contribution < -0.4 is 0 Å². The summed E-state index contributed by atoms with van der Waals surface area (Å²) in [7, 11) is -1.18. The van der Waals surface area contributed by atoms with Crippen molar-refractivity contribution in [1.82, 2.24) is 0 Å². The Kier molecular flexibility index (Phi) is 4.57. The second-order valence-electron chi connectivity index (χ2n) is 5.18. The highest BCUT2D eigenvalue weighted by Crippen LogP contribution is 2.23. The summed E-state index contributed by atoms with van der Waals surface area (Å²) < 4.78 is 23.3. The molecule has 110 valence electrons. The van der Waals surface area contributed by atoms with Gasteiger partial charge in [0, 0.05) is 4.90 Å². The van der Waals surface area contributed by atoms with E-state index in [1.54, 1.807) is 24.3 Å². The summed E-state index contributed by atoms with van der Waals surface area (Å²) in [6, 6.07) is 6.79. The number of aliphatic carboxylic acids is 1. The number of carbonyl (C=O) groups is 1. The Morgan fingerprint density at radius 3 is 2.55 bits per heavy atom. The van der Waals surface area contributed by atoms with Crippen LogP contribution in [0.15, 0.2) is 29.2 Å². The minimum absolute atomic E-state index is 0.0271. The summed E-state index contributed by atoms with van der Waals surface area (Å²) in [6.07, 6.45) is -0.203. The van der Waals surface area contributed by atoms with Gasteiger partial charge < -0.3 is 14.6 Å². The van der Waals surface area contributed by atoms with Crippen molar-refractivity contribution in [1.29, 1.82) is 0 Å². The lowest BCUT2D eigenvalue weighted by molar-refractivity contribution is -0.136. The molecule has 1 unspecified atom stereocenters. The van der Waals surface area contributed by atoms with Crippen molar-refractivity contribution in [2.24, 2.45) is 0 Å². The average molecular weight is 298 g/mol. The third-order valence-corrected chi connectivity index (χ3v) is 4.42. The van der Waals surface area contributed by atoms with Gasteiger partial charge in [-0.3, -0.25) is 9.00 Å². The fourth-order valence-electron chi connectivity index (χ4n) is 2.04. The van der Waals surface area contributed by atoms with E-state index in [0.29, 0.717) is 22.8 Å². The van der Waals surface area contributed by atoms with E-state index in [2.05, 4.69) is 0 Å². The molecule has 6 heteroatoms. The van der Waals surface area contributed by atoms with Gasteiger partial charge in [0.25, 0.3) is 0 Å². The molecule has 0 radical (unpaired) electrons. The van der Waals surface area contributed by atoms with Gasteiger partial charge in [-0.25, -0.2) is 0 Å². The van der Waals surface area contributed by atoms with Crippen LogP contribution >= 0.6 is 0 Å². The van der Waals surface area contributed by atoms with E-state index in [-0.39, 0.29) is 12.5 Å². The molecule has 1 saturated heterocycles. The lowest BCUT2D eigenvalue weighted by atomic mass is 10.2. The highest BCUT2D eigenvalue weighted by Gasteiger charge is 2.33. The van der Waals surface area contributed by atoms with Gasteiger partial charge >= 0.3 is 5.97 Å². The van der Waals surface area contributed by atoms with E-state index in [0.717, 1.165) is 0 Å². The number of rotatable bonds is 5. The summed E-state index contributed by atoms with van der Waals surface area (Å²) in [5.41, 5.74) is 0.694. The number of carboxylic acid groups (broad SMARTS) is 1. The lowest BCUT2D eigenvalue weighted by Crippen LogP contribution is -2.24. The van der Waals surface area contributed by atoms with Crippen molar-refractivity contribution < 1.29 is 23.6 Å². The van der Waals surface area contributed by atoms with Gasteiger partial charge in [0.15, 0.2) is 5.79 Å². The molecule has 1 aliphatic heterocycles. The molecule has 2 rings (SSSR count). The first-order valence-corrected chi connectivity index (χ1v) is 7.68. The molecular weight excluding hydrogens is 280 g/mol. The second kappa shape index (κ2) is 6.03. The number of ether oxygens (including phenoxy) is 2. The average Bonchev–Trinajstić information content (AvgIpc) is 2.68. The molecule has 1 aromatic rings. The maximum atomic E-state index is 12.2. The normalized spacial score (nSPS) is 22.6. The molecular formula is C14H18O5S. The van der Waals surface area contributed by atoms with Crippen LogP contribution in [-0.4, -0.2) is 39.5 Å². The molecule has 0 saturated carbocycles. The first-order valence-electron chi connectivity index (χ1n) is 6.36. The molecule has 0 aromatic heterocycles. The third-order valence-electron chi connectivity index (χ3n) is 2.95. The molecule has 1 N–H and O–H groups in total. The van der Waals surface area contributed by atoms with Crippen LogP contribution in [0.1, 0.15) is 19.4 Å². The van der Waals surface area contributed by atoms with Gasteiger partial charge in [-0.1, -0.05) is 12.1 Å². The van der Waals surface area contributed by atoms with Crippen LogP contribution in [0.3, 0.4) is 0 Å². The predicted molar refractivity (Wildman–Crippen MR) is 74.0 cm³/mol. The van der Waals surface area contributed by atoms with Crippen LogP contribution in [0.5, 0.6) is 0 Å². The SMILES string of the molecule is CC1(C)OC[C@@H](CS(=O)c2ccc(CC(=O)O)cc2)O1. The molecule has 0 spiro atoms. The molecule has 2 atom stereocenters. The maximum absolute atomic E-state index is 12.2. The van der Waals surface area contributed by atoms with Crippen LogP contribution in [0.2, 0.25) is 0 Å². The third kappa shape index (κ3) is 4.13. The van der Waals surface area contributed by atoms with Gasteiger partial charge in [0.05, 0.1) is 35.7 Å². The van der Waals surface area contributed by atoms with Gasteiger partial charge in [0.1, 0.15) is 0 Å². The molecule has 0 bridgehead atoms. The zero-order chi connectivity index (χ0) is 14.8. The van der Waals surface area contributed by atoms with Gasteiger partial charge in [0.2, 0.25) is 0 Å². The van der Waals surface area contributed by atoms with Crippen molar-refractivity contribution in [2.45, 2.75) is 37.1 Å². The van der Waals surface area contributed by atoms with E-state index >= 15 is 0 Å². The lowest BCUT2D eigenvalue weighted by Gasteiger charge is -2.16. The molecule has 0 aliphatic carbocycles. The van der Waals surface area contributed by atoms with Gasteiger partial charge in [-0.15, -0.1) is 0 Å². The quantitative estimate of drug-likeness (QED) is 0.893. The Morgan fingerprint density at radius 2 is 2.05 bits per heavy atom. The minimum Gasteiger partial charge on any atom is -0.481 e. The first kappa shape index (κ1) is 15.2. The highest BCUT2D eigenvalue weighted by molar-refractivity contribution is 7.85. The van der Waals surface area contributed by atoms with Crippen molar-refractivity contribution in [3.63, 3.8) is 0 Å². The smallest absolute Gasteiger partial charge is 0.307 e. The Bertz CT molecular complexity index is 509. The molecule has 1 heterocycles. The number of carboxylic acids is 1. The summed E-state index contributed by atoms with van der Waals surface area (Å²) in [4.78, 5) is 11.3. The van der Waals surface area contributed by atoms with Crippen molar-refractivity contribution in [2.75, 3.05) is 12.4 Å². The van der Waals surface area contributed by atoms with Gasteiger partial charge in [-0.2, -0.15) is 0 Å². The first-order chi connectivity index (χ1) is 9.35. The fourth-order valence-corrected chi connectivity index (χ4v) is 3.18. The molecule has 1 aromatic carbocycles. The highest BCUT2D eigenvalue weighted by atomic mass is 32.2. The largest absolute Gasteiger partial charge is 0.481 e. The van der Waals surface area contributed by atoms with E-state index < -0.39 is 22.6 Å². The Labute approximate surface area is 120 Å². The summed E-state index contributed by atoms with van der Waals surface area (Å²) in [6.45, 7) is 4.10. The zero-order valence-electron chi connectivity index (χ0n) is 11.5. The summed E-state index contributed by atoms with van der Waals surface area (Å²) >= 11 is 0. The van der Waals surface area contributed by atoms with Gasteiger partial charge in [-0.05, 0) is 31.5 Å². The monoisotopic (exact) mass is 298 g/mol. The minimum atomic E-state index is -1.18. The zero-order valence-corrected chi connectivity index (χ0v) is 12.3. The Hall–Kier alpha value is -1.24. The van der Waals surface area contributed by atoms with E-state index in [9.17, 15) is 9.00 Å². The maximum Gasteiger partial charge on any atom is 0.307 e. The second-order valence-corrected chi connectivity index (χ2v) is 6.67. The number of hydrogen-bond donors (Lipinski definition) is 1. The summed E-state index contributed by atoms with van der Waals surface area (Å²) in [5, 5.41) is 8.69. The predicted octanol–water partition coefficient (Wildman–Crippen LogP) is 1.57. The Balaban J connectivity index is 1.94. The van der Waals surface area contributed by atoms with E-state index in [1.807, 2.05) is 13.8 Å².